The van der Waals surface area contributed by atoms with E-state index >= 15 is 0 Å². The fraction of sp³-hybridized carbons (Fsp3) is 0.133. The predicted octanol–water partition coefficient (Wildman–Crippen LogP) is 5.23. The quantitative estimate of drug-likeness (QED) is 0.219. The van der Waals surface area contributed by atoms with Gasteiger partial charge in [0.1, 0.15) is 11.3 Å². The number of rotatable bonds is 9. The molecular formula is C30H28N6O4S. The fourth-order valence-corrected chi connectivity index (χ4v) is 4.80. The van der Waals surface area contributed by atoms with Crippen molar-refractivity contribution in [2.24, 2.45) is 5.14 Å². The number of nitrogens with one attached hydrogen (secondary N) is 2. The number of sulfonamides is 1. The molecule has 0 saturated carbocycles. The Balaban J connectivity index is 1.55. The van der Waals surface area contributed by atoms with E-state index in [2.05, 4.69) is 15.6 Å². The molecule has 1 amide bonds. The van der Waals surface area contributed by atoms with Crippen LogP contribution in [0.25, 0.3) is 33.7 Å². The number of hydrogen-bond donors (Lipinski definition) is 3. The molecule has 0 aliphatic heterocycles. The molecule has 0 unspecified atom stereocenters. The first-order chi connectivity index (χ1) is 19.8. The molecule has 208 valence electrons. The molecule has 41 heavy (non-hydrogen) atoms. The second-order valence-electron chi connectivity index (χ2n) is 9.09. The molecule has 0 fully saturated rings. The van der Waals surface area contributed by atoms with Crippen LogP contribution in [0.1, 0.15) is 12.5 Å². The van der Waals surface area contributed by atoms with Gasteiger partial charge < -0.3 is 10.1 Å². The van der Waals surface area contributed by atoms with Gasteiger partial charge in [0.25, 0.3) is 0 Å². The number of hydrogen-bond acceptors (Lipinski definition) is 8. The highest BCUT2D eigenvalue weighted by atomic mass is 32.2. The van der Waals surface area contributed by atoms with Crippen molar-refractivity contribution in [1.82, 2.24) is 15.0 Å². The van der Waals surface area contributed by atoms with E-state index in [-0.39, 0.29) is 17.3 Å². The molecule has 11 heteroatoms. The van der Waals surface area contributed by atoms with E-state index in [0.29, 0.717) is 41.2 Å². The molecule has 5 aromatic rings. The summed E-state index contributed by atoms with van der Waals surface area (Å²) < 4.78 is 28.2. The molecule has 0 spiro atoms. The zero-order chi connectivity index (χ0) is 28.8. The second-order valence-corrected chi connectivity index (χ2v) is 10.7. The molecule has 3 aromatic carbocycles. The van der Waals surface area contributed by atoms with Gasteiger partial charge >= 0.3 is 6.09 Å². The Morgan fingerprint density at radius 3 is 2.05 bits per heavy atom. The lowest BCUT2D eigenvalue weighted by Gasteiger charge is -2.15. The van der Waals surface area contributed by atoms with Gasteiger partial charge in [0.2, 0.25) is 10.0 Å². The molecule has 0 aliphatic carbocycles. The Kier molecular flexibility index (Phi) is 8.18. The van der Waals surface area contributed by atoms with Gasteiger partial charge in [-0.2, -0.15) is 0 Å². The lowest BCUT2D eigenvalue weighted by atomic mass is 10.0. The maximum absolute atomic E-state index is 12.2. The summed E-state index contributed by atoms with van der Waals surface area (Å²) in [5.74, 6) is 0.261. The third-order valence-electron chi connectivity index (χ3n) is 6.22. The summed E-state index contributed by atoms with van der Waals surface area (Å²) in [6.07, 6.45) is -0.0476. The average Bonchev–Trinajstić information content (AvgIpc) is 2.97. The van der Waals surface area contributed by atoms with Crippen molar-refractivity contribution in [2.45, 2.75) is 18.2 Å². The van der Waals surface area contributed by atoms with Crippen LogP contribution in [0.2, 0.25) is 0 Å². The third-order valence-corrected chi connectivity index (χ3v) is 7.15. The van der Waals surface area contributed by atoms with E-state index in [0.717, 1.165) is 16.7 Å². The van der Waals surface area contributed by atoms with Gasteiger partial charge in [-0.05, 0) is 31.0 Å². The van der Waals surface area contributed by atoms with Gasteiger partial charge in [0.15, 0.2) is 5.65 Å². The number of aromatic nitrogens is 3. The molecule has 0 radical (unpaired) electrons. The topological polar surface area (TPSA) is 149 Å². The minimum absolute atomic E-state index is 0.0574. The Labute approximate surface area is 237 Å². The Morgan fingerprint density at radius 1 is 0.854 bits per heavy atom. The smallest absolute Gasteiger partial charge is 0.412 e. The lowest BCUT2D eigenvalue weighted by Crippen LogP contribution is -2.15. The van der Waals surface area contributed by atoms with Crippen molar-refractivity contribution in [3.63, 3.8) is 0 Å². The van der Waals surface area contributed by atoms with E-state index in [1.54, 1.807) is 25.1 Å². The van der Waals surface area contributed by atoms with Crippen LogP contribution in [0.5, 0.6) is 0 Å². The Hall–Kier alpha value is -4.87. The number of nitrogens with two attached hydrogens (primary N) is 1. The zero-order valence-electron chi connectivity index (χ0n) is 22.2. The highest BCUT2D eigenvalue weighted by Crippen LogP contribution is 2.33. The monoisotopic (exact) mass is 568 g/mol. The molecule has 0 atom stereocenters. The summed E-state index contributed by atoms with van der Waals surface area (Å²) in [5, 5.41) is 11.3. The van der Waals surface area contributed by atoms with E-state index in [9.17, 15) is 13.2 Å². The minimum Gasteiger partial charge on any atom is -0.450 e. The van der Waals surface area contributed by atoms with Crippen molar-refractivity contribution < 1.29 is 17.9 Å². The number of amides is 1. The molecule has 0 saturated heterocycles. The van der Waals surface area contributed by atoms with Gasteiger partial charge in [0, 0.05) is 23.7 Å². The number of carbonyl (C=O) groups excluding carboxylic acids is 1. The van der Waals surface area contributed by atoms with Crippen LogP contribution < -0.4 is 15.8 Å². The van der Waals surface area contributed by atoms with Crippen LogP contribution in [0.15, 0.2) is 95.9 Å². The number of nitrogens with zero attached hydrogens (tertiary/aromatic N) is 3. The summed E-state index contributed by atoms with van der Waals surface area (Å²) >= 11 is 0. The largest absolute Gasteiger partial charge is 0.450 e. The third kappa shape index (κ3) is 6.65. The van der Waals surface area contributed by atoms with Crippen LogP contribution in [0.3, 0.4) is 0 Å². The number of benzene rings is 3. The highest BCUT2D eigenvalue weighted by Gasteiger charge is 2.18. The number of anilines is 2. The van der Waals surface area contributed by atoms with Gasteiger partial charge in [-0.3, -0.25) is 5.32 Å². The Bertz CT molecular complexity index is 1780. The van der Waals surface area contributed by atoms with Crippen molar-refractivity contribution in [3.8, 4) is 22.5 Å². The SMILES string of the molecule is CCOC(=O)Nc1cc(NCCc2ccc(S(N)(=O)=O)cc2)c2nc(-c3ccccc3)c(-c3ccccc3)nc2n1. The van der Waals surface area contributed by atoms with Crippen LogP contribution in [-0.4, -0.2) is 42.6 Å². The first kappa shape index (κ1) is 27.7. The second kappa shape index (κ2) is 12.1. The van der Waals surface area contributed by atoms with Crippen molar-refractivity contribution in [1.29, 1.82) is 0 Å². The van der Waals surface area contributed by atoms with Gasteiger partial charge in [-0.15, -0.1) is 0 Å². The minimum atomic E-state index is -3.76. The Morgan fingerprint density at radius 2 is 1.46 bits per heavy atom. The van der Waals surface area contributed by atoms with E-state index < -0.39 is 16.1 Å². The fourth-order valence-electron chi connectivity index (χ4n) is 4.29. The standard InChI is InChI=1S/C30H28N6O4S/c1-2-40-30(37)34-25-19-24(32-18-17-20-13-15-23(16-14-20)41(31,38)39)28-29(33-25)36-27(22-11-7-4-8-12-22)26(35-28)21-9-5-3-6-10-21/h3-16,19H,2,17-18H2,1H3,(H2,31,38,39)(H2,32,33,34,36,37). The number of primary sulfonamides is 1. The zero-order valence-corrected chi connectivity index (χ0v) is 23.1. The molecular weight excluding hydrogens is 540 g/mol. The first-order valence-corrected chi connectivity index (χ1v) is 14.5. The van der Waals surface area contributed by atoms with Crippen molar-refractivity contribution in [2.75, 3.05) is 23.8 Å². The van der Waals surface area contributed by atoms with Crippen LogP contribution in [-0.2, 0) is 21.2 Å². The maximum atomic E-state index is 12.2. The first-order valence-electron chi connectivity index (χ1n) is 12.9. The van der Waals surface area contributed by atoms with E-state index in [4.69, 9.17) is 19.8 Å². The predicted molar refractivity (Wildman–Crippen MR) is 159 cm³/mol. The van der Waals surface area contributed by atoms with Gasteiger partial charge in [-0.1, -0.05) is 72.8 Å². The molecule has 2 aromatic heterocycles. The van der Waals surface area contributed by atoms with Crippen molar-refractivity contribution in [3.05, 3.63) is 96.6 Å². The highest BCUT2D eigenvalue weighted by molar-refractivity contribution is 7.89. The number of fused-ring (bicyclic) bond motifs is 1. The van der Waals surface area contributed by atoms with Gasteiger partial charge in [0.05, 0.1) is 28.6 Å². The molecule has 0 bridgehead atoms. The number of pyridine rings is 1. The summed E-state index contributed by atoms with van der Waals surface area (Å²) in [7, 11) is -3.76. The van der Waals surface area contributed by atoms with Crippen LogP contribution >= 0.6 is 0 Å². The number of ether oxygens (including phenoxy) is 1. The molecule has 5 rings (SSSR count). The molecule has 0 aliphatic rings. The normalized spacial score (nSPS) is 11.3. The molecule has 2 heterocycles. The summed E-state index contributed by atoms with van der Waals surface area (Å²) in [6, 6.07) is 27.6. The average molecular weight is 569 g/mol. The van der Waals surface area contributed by atoms with Crippen LogP contribution in [0.4, 0.5) is 16.3 Å². The maximum Gasteiger partial charge on any atom is 0.412 e. The van der Waals surface area contributed by atoms with E-state index in [1.807, 2.05) is 60.7 Å². The summed E-state index contributed by atoms with van der Waals surface area (Å²) in [6.45, 7) is 2.42. The lowest BCUT2D eigenvalue weighted by molar-refractivity contribution is 0.168. The summed E-state index contributed by atoms with van der Waals surface area (Å²) in [5.41, 5.74) is 5.53. The molecule has 4 N–H and O–H groups in total. The number of carbonyl (C=O) groups is 1. The van der Waals surface area contributed by atoms with Crippen LogP contribution in [0, 0.1) is 0 Å². The molecule has 10 nitrogen and oxygen atoms in total. The van der Waals surface area contributed by atoms with E-state index in [1.165, 1.54) is 12.1 Å². The van der Waals surface area contributed by atoms with Crippen molar-refractivity contribution >= 4 is 38.8 Å². The van der Waals surface area contributed by atoms with Gasteiger partial charge in [-0.25, -0.2) is 33.3 Å². The summed E-state index contributed by atoms with van der Waals surface area (Å²) in [4.78, 5) is 26.8.